The molecule has 0 bridgehead atoms. The first-order valence-electron chi connectivity index (χ1n) is 7.02. The molecule has 0 atom stereocenters. The van der Waals surface area contributed by atoms with Crippen molar-refractivity contribution in [2.45, 2.75) is 0 Å². The van der Waals surface area contributed by atoms with Gasteiger partial charge < -0.3 is 11.5 Å². The summed E-state index contributed by atoms with van der Waals surface area (Å²) in [4.78, 5) is 4.31. The molecule has 6 nitrogen and oxygen atoms in total. The predicted octanol–water partition coefficient (Wildman–Crippen LogP) is 2.30. The van der Waals surface area contributed by atoms with Gasteiger partial charge in [-0.25, -0.2) is 9.66 Å². The molecule has 6 heteroatoms. The molecule has 1 aromatic heterocycles. The first-order chi connectivity index (χ1) is 11.1. The Labute approximate surface area is 133 Å². The van der Waals surface area contributed by atoms with E-state index in [4.69, 9.17) is 16.9 Å². The van der Waals surface area contributed by atoms with Crippen LogP contribution in [0.15, 0.2) is 65.9 Å². The van der Waals surface area contributed by atoms with E-state index in [9.17, 15) is 0 Å². The second kappa shape index (κ2) is 6.15. The molecule has 2 aromatic carbocycles. The molecule has 0 aliphatic rings. The van der Waals surface area contributed by atoms with E-state index in [1.807, 2.05) is 42.5 Å². The lowest BCUT2D eigenvalue weighted by atomic mass is 10.1. The van der Waals surface area contributed by atoms with Crippen LogP contribution in [-0.4, -0.2) is 21.7 Å². The molecular formula is C17H16N6. The minimum atomic E-state index is 0.0220. The van der Waals surface area contributed by atoms with E-state index in [1.165, 1.54) is 4.68 Å². The first kappa shape index (κ1) is 14.5. The number of hydrogen-bond donors (Lipinski definition) is 3. The van der Waals surface area contributed by atoms with Crippen LogP contribution in [0.25, 0.3) is 11.3 Å². The maximum Gasteiger partial charge on any atom is 0.221 e. The van der Waals surface area contributed by atoms with Crippen LogP contribution in [0.1, 0.15) is 11.1 Å². The lowest BCUT2D eigenvalue weighted by molar-refractivity contribution is 0.898. The number of aromatic nitrogens is 2. The number of benzene rings is 2. The maximum absolute atomic E-state index is 7.46. The highest BCUT2D eigenvalue weighted by Gasteiger charge is 2.05. The van der Waals surface area contributed by atoms with E-state index in [0.29, 0.717) is 11.5 Å². The fourth-order valence-corrected chi connectivity index (χ4v) is 2.14. The number of anilines is 1. The Morgan fingerprint density at radius 2 is 1.91 bits per heavy atom. The SMILES string of the molecule is N=C(N)c1cccc(C=Nn2cc(-c3ccccc3)nc2N)c1. The summed E-state index contributed by atoms with van der Waals surface area (Å²) in [5, 5.41) is 11.8. The Morgan fingerprint density at radius 1 is 1.13 bits per heavy atom. The summed E-state index contributed by atoms with van der Waals surface area (Å²) in [5.41, 5.74) is 14.6. The zero-order valence-electron chi connectivity index (χ0n) is 12.3. The van der Waals surface area contributed by atoms with Gasteiger partial charge >= 0.3 is 0 Å². The average Bonchev–Trinajstić information content (AvgIpc) is 2.95. The Hall–Kier alpha value is -3.41. The zero-order valence-corrected chi connectivity index (χ0v) is 12.3. The number of nitrogens with two attached hydrogens (primary N) is 2. The monoisotopic (exact) mass is 304 g/mol. The van der Waals surface area contributed by atoms with Crippen molar-refractivity contribution in [1.29, 1.82) is 5.41 Å². The summed E-state index contributed by atoms with van der Waals surface area (Å²) in [5.74, 6) is 0.330. The number of nitrogens with one attached hydrogen (secondary N) is 1. The van der Waals surface area contributed by atoms with Crippen LogP contribution >= 0.6 is 0 Å². The van der Waals surface area contributed by atoms with Gasteiger partial charge in [0, 0.05) is 11.1 Å². The van der Waals surface area contributed by atoms with Gasteiger partial charge in [0.2, 0.25) is 5.95 Å². The van der Waals surface area contributed by atoms with Crippen molar-refractivity contribution in [1.82, 2.24) is 9.66 Å². The smallest absolute Gasteiger partial charge is 0.221 e. The predicted molar refractivity (Wildman–Crippen MR) is 92.5 cm³/mol. The largest absolute Gasteiger partial charge is 0.384 e. The van der Waals surface area contributed by atoms with Crippen molar-refractivity contribution in [3.63, 3.8) is 0 Å². The number of nitrogen functional groups attached to an aromatic ring is 2. The Balaban J connectivity index is 1.87. The first-order valence-corrected chi connectivity index (χ1v) is 7.02. The van der Waals surface area contributed by atoms with E-state index in [0.717, 1.165) is 16.8 Å². The molecule has 0 saturated heterocycles. The highest BCUT2D eigenvalue weighted by Crippen LogP contribution is 2.19. The third-order valence-electron chi connectivity index (χ3n) is 3.31. The minimum Gasteiger partial charge on any atom is -0.384 e. The molecule has 5 N–H and O–H groups in total. The molecule has 0 radical (unpaired) electrons. The molecule has 0 saturated carbocycles. The van der Waals surface area contributed by atoms with Gasteiger partial charge in [-0.05, 0) is 11.6 Å². The van der Waals surface area contributed by atoms with Crippen molar-refractivity contribution in [2.75, 3.05) is 5.73 Å². The van der Waals surface area contributed by atoms with Crippen LogP contribution in [0, 0.1) is 5.41 Å². The maximum atomic E-state index is 7.46. The molecule has 0 aliphatic heterocycles. The number of amidine groups is 1. The summed E-state index contributed by atoms with van der Waals surface area (Å²) in [6.07, 6.45) is 3.43. The summed E-state index contributed by atoms with van der Waals surface area (Å²) in [6.45, 7) is 0. The quantitative estimate of drug-likeness (QED) is 0.508. The average molecular weight is 304 g/mol. The molecular weight excluding hydrogens is 288 g/mol. The Bertz CT molecular complexity index is 864. The van der Waals surface area contributed by atoms with Crippen LogP contribution < -0.4 is 11.5 Å². The fourth-order valence-electron chi connectivity index (χ4n) is 2.14. The Morgan fingerprint density at radius 3 is 2.65 bits per heavy atom. The van der Waals surface area contributed by atoms with Crippen molar-refractivity contribution >= 4 is 18.0 Å². The number of rotatable bonds is 4. The highest BCUT2D eigenvalue weighted by atomic mass is 15.4. The number of imidazole rings is 1. The molecule has 0 amide bonds. The van der Waals surface area contributed by atoms with Gasteiger partial charge in [0.1, 0.15) is 5.84 Å². The lowest BCUT2D eigenvalue weighted by Crippen LogP contribution is -2.11. The van der Waals surface area contributed by atoms with Crippen molar-refractivity contribution in [2.24, 2.45) is 10.8 Å². The van der Waals surface area contributed by atoms with E-state index in [1.54, 1.807) is 24.5 Å². The van der Waals surface area contributed by atoms with Gasteiger partial charge in [-0.2, -0.15) is 5.10 Å². The van der Waals surface area contributed by atoms with E-state index in [-0.39, 0.29) is 5.84 Å². The molecule has 3 rings (SSSR count). The fraction of sp³-hybridized carbons (Fsp3) is 0. The lowest BCUT2D eigenvalue weighted by Gasteiger charge is -1.99. The van der Waals surface area contributed by atoms with Crippen LogP contribution in [-0.2, 0) is 0 Å². The standard InChI is InChI=1S/C17H16N6/c18-16(19)14-8-4-5-12(9-14)10-21-23-11-15(22-17(23)20)13-6-2-1-3-7-13/h1-11H,(H3,18,19)(H2,20,22). The second-order valence-electron chi connectivity index (χ2n) is 4.98. The minimum absolute atomic E-state index is 0.0220. The van der Waals surface area contributed by atoms with Gasteiger partial charge in [0.05, 0.1) is 18.1 Å². The van der Waals surface area contributed by atoms with Crippen LogP contribution in [0.3, 0.4) is 0 Å². The van der Waals surface area contributed by atoms with Gasteiger partial charge in [-0.15, -0.1) is 0 Å². The van der Waals surface area contributed by atoms with Gasteiger partial charge in [0.15, 0.2) is 0 Å². The van der Waals surface area contributed by atoms with Crippen LogP contribution in [0.4, 0.5) is 5.95 Å². The van der Waals surface area contributed by atoms with Crippen molar-refractivity contribution in [3.05, 3.63) is 71.9 Å². The second-order valence-corrected chi connectivity index (χ2v) is 4.98. The Kier molecular flexibility index (Phi) is 3.88. The molecule has 0 spiro atoms. The van der Waals surface area contributed by atoms with Crippen molar-refractivity contribution in [3.8, 4) is 11.3 Å². The molecule has 23 heavy (non-hydrogen) atoms. The van der Waals surface area contributed by atoms with E-state index < -0.39 is 0 Å². The van der Waals surface area contributed by atoms with Gasteiger partial charge in [-0.1, -0.05) is 48.5 Å². The molecule has 0 unspecified atom stereocenters. The summed E-state index contributed by atoms with van der Waals surface area (Å²) in [7, 11) is 0. The topological polar surface area (TPSA) is 106 Å². The van der Waals surface area contributed by atoms with E-state index >= 15 is 0 Å². The molecule has 0 aliphatic carbocycles. The van der Waals surface area contributed by atoms with Crippen LogP contribution in [0.2, 0.25) is 0 Å². The third-order valence-corrected chi connectivity index (χ3v) is 3.31. The highest BCUT2D eigenvalue weighted by molar-refractivity contribution is 5.96. The van der Waals surface area contributed by atoms with Gasteiger partial charge in [-0.3, -0.25) is 5.41 Å². The molecule has 114 valence electrons. The molecule has 3 aromatic rings. The normalized spacial score (nSPS) is 11.0. The number of hydrogen-bond acceptors (Lipinski definition) is 4. The summed E-state index contributed by atoms with van der Waals surface area (Å²) < 4.78 is 1.52. The summed E-state index contributed by atoms with van der Waals surface area (Å²) in [6, 6.07) is 17.0. The third kappa shape index (κ3) is 3.26. The van der Waals surface area contributed by atoms with Crippen LogP contribution in [0.5, 0.6) is 0 Å². The molecule has 0 fully saturated rings. The summed E-state index contributed by atoms with van der Waals surface area (Å²) >= 11 is 0. The zero-order chi connectivity index (χ0) is 16.2. The molecule has 1 heterocycles. The number of nitrogens with zero attached hydrogens (tertiary/aromatic N) is 3. The van der Waals surface area contributed by atoms with E-state index in [2.05, 4.69) is 10.1 Å². The van der Waals surface area contributed by atoms with Gasteiger partial charge in [0.25, 0.3) is 0 Å². The van der Waals surface area contributed by atoms with Crippen molar-refractivity contribution < 1.29 is 0 Å².